The van der Waals surface area contributed by atoms with Gasteiger partial charge in [-0.3, -0.25) is 0 Å². The highest BCUT2D eigenvalue weighted by Gasteiger charge is 2.36. The van der Waals surface area contributed by atoms with E-state index in [9.17, 15) is 14.6 Å². The second-order valence-electron chi connectivity index (χ2n) is 6.50. The Morgan fingerprint density at radius 3 is 2.40 bits per heavy atom. The Labute approximate surface area is 156 Å². The molecule has 0 spiro atoms. The third kappa shape index (κ3) is 4.15. The first-order valence-corrected chi connectivity index (χ1v) is 8.97. The second-order valence-corrected chi connectivity index (χ2v) is 7.32. The monoisotopic (exact) mass is 383 g/mol. The Hall–Kier alpha value is -1.17. The Balaban J connectivity index is 1.62. The highest BCUT2D eigenvalue weighted by Crippen LogP contribution is 2.35. The van der Waals surface area contributed by atoms with Gasteiger partial charge in [0, 0.05) is 25.2 Å². The number of halogens is 3. The molecule has 134 valence electrons. The van der Waals surface area contributed by atoms with Crippen molar-refractivity contribution in [2.24, 2.45) is 0 Å². The average molecular weight is 384 g/mol. The van der Waals surface area contributed by atoms with E-state index in [-0.39, 0.29) is 5.82 Å². The fourth-order valence-electron chi connectivity index (χ4n) is 3.28. The summed E-state index contributed by atoms with van der Waals surface area (Å²) in [7, 11) is 0. The molecule has 0 aliphatic carbocycles. The molecule has 3 rings (SSSR count). The smallest absolute Gasteiger partial charge is 0.129 e. The van der Waals surface area contributed by atoms with Gasteiger partial charge >= 0.3 is 0 Å². The zero-order chi connectivity index (χ0) is 18.0. The minimum absolute atomic E-state index is 0.347. The Kier molecular flexibility index (Phi) is 5.66. The molecule has 0 amide bonds. The van der Waals surface area contributed by atoms with E-state index in [1.165, 1.54) is 6.07 Å². The summed E-state index contributed by atoms with van der Waals surface area (Å²) in [5, 5.41) is 22.1. The molecule has 2 aromatic carbocycles. The fraction of sp³-hybridized carbons (Fsp3) is 0.368. The summed E-state index contributed by atoms with van der Waals surface area (Å²) < 4.78 is 14.0. The van der Waals surface area contributed by atoms with Crippen molar-refractivity contribution in [1.82, 2.24) is 4.90 Å². The molecule has 0 unspecified atom stereocenters. The first-order valence-electron chi connectivity index (χ1n) is 8.22. The topological polar surface area (TPSA) is 43.7 Å². The van der Waals surface area contributed by atoms with Crippen LogP contribution in [0.4, 0.5) is 4.39 Å². The van der Waals surface area contributed by atoms with Crippen LogP contribution in [0.2, 0.25) is 10.0 Å². The molecule has 1 heterocycles. The van der Waals surface area contributed by atoms with E-state index < -0.39 is 11.7 Å². The van der Waals surface area contributed by atoms with Crippen LogP contribution in [0.15, 0.2) is 42.5 Å². The molecule has 0 bridgehead atoms. The lowest BCUT2D eigenvalue weighted by atomic mass is 9.84. The van der Waals surface area contributed by atoms with Gasteiger partial charge < -0.3 is 15.1 Å². The van der Waals surface area contributed by atoms with Crippen molar-refractivity contribution in [3.63, 3.8) is 0 Å². The summed E-state index contributed by atoms with van der Waals surface area (Å²) in [5.74, 6) is -0.380. The predicted octanol–water partition coefficient (Wildman–Crippen LogP) is 4.15. The molecule has 6 heteroatoms. The standard InChI is InChI=1S/C19H20Cl2FNO2/c20-15-6-5-13(11-16(15)21)18(24)12-23-9-7-19(25,8-10-23)14-3-1-2-4-17(14)22/h1-6,11,18,24-25H,7-10,12H2/t18-/m0/s1. The predicted molar refractivity (Wildman–Crippen MR) is 97.4 cm³/mol. The third-order valence-electron chi connectivity index (χ3n) is 4.82. The minimum Gasteiger partial charge on any atom is -0.387 e. The zero-order valence-corrected chi connectivity index (χ0v) is 15.1. The van der Waals surface area contributed by atoms with Crippen LogP contribution in [0.5, 0.6) is 0 Å². The number of hydrogen-bond acceptors (Lipinski definition) is 3. The molecule has 1 aliphatic rings. The van der Waals surface area contributed by atoms with Crippen molar-refractivity contribution in [2.45, 2.75) is 24.5 Å². The summed E-state index contributed by atoms with van der Waals surface area (Å²) in [4.78, 5) is 2.06. The van der Waals surface area contributed by atoms with E-state index in [0.717, 1.165) is 0 Å². The summed E-state index contributed by atoms with van der Waals surface area (Å²) in [5.41, 5.74) is -0.111. The van der Waals surface area contributed by atoms with Crippen LogP contribution in [0, 0.1) is 5.82 Å². The number of likely N-dealkylation sites (tertiary alicyclic amines) is 1. The maximum absolute atomic E-state index is 14.0. The lowest BCUT2D eigenvalue weighted by Gasteiger charge is -2.39. The molecule has 2 aromatic rings. The van der Waals surface area contributed by atoms with Crippen molar-refractivity contribution in [3.8, 4) is 0 Å². The molecule has 25 heavy (non-hydrogen) atoms. The fourth-order valence-corrected chi connectivity index (χ4v) is 3.59. The molecule has 3 nitrogen and oxygen atoms in total. The van der Waals surface area contributed by atoms with Gasteiger partial charge in [0.1, 0.15) is 5.82 Å². The summed E-state index contributed by atoms with van der Waals surface area (Å²) in [6.07, 6.45) is 0.138. The Morgan fingerprint density at radius 1 is 1.08 bits per heavy atom. The number of rotatable bonds is 4. The maximum Gasteiger partial charge on any atom is 0.129 e. The van der Waals surface area contributed by atoms with Crippen molar-refractivity contribution in [3.05, 3.63) is 69.5 Å². The molecule has 0 saturated carbocycles. The highest BCUT2D eigenvalue weighted by atomic mass is 35.5. The van der Waals surface area contributed by atoms with Gasteiger partial charge in [-0.1, -0.05) is 47.5 Å². The van der Waals surface area contributed by atoms with E-state index in [0.29, 0.717) is 53.6 Å². The lowest BCUT2D eigenvalue weighted by molar-refractivity contribution is -0.0367. The molecule has 1 saturated heterocycles. The van der Waals surface area contributed by atoms with Gasteiger partial charge in [0.05, 0.1) is 21.8 Å². The minimum atomic E-state index is -1.16. The van der Waals surface area contributed by atoms with Crippen LogP contribution in [-0.4, -0.2) is 34.7 Å². The van der Waals surface area contributed by atoms with Crippen molar-refractivity contribution < 1.29 is 14.6 Å². The van der Waals surface area contributed by atoms with E-state index >= 15 is 0 Å². The number of nitrogens with zero attached hydrogens (tertiary/aromatic N) is 1. The Morgan fingerprint density at radius 2 is 1.76 bits per heavy atom. The molecular formula is C19H20Cl2FNO2. The number of piperidine rings is 1. The van der Waals surface area contributed by atoms with Crippen molar-refractivity contribution >= 4 is 23.2 Å². The molecule has 0 radical (unpaired) electrons. The van der Waals surface area contributed by atoms with Gasteiger partial charge in [-0.2, -0.15) is 0 Å². The normalized spacial score (nSPS) is 18.9. The SMILES string of the molecule is O[C@@H](CN1CCC(O)(c2ccccc2F)CC1)c1ccc(Cl)c(Cl)c1. The number of β-amino-alcohol motifs (C(OH)–C–C–N with tert-alkyl or cyclic N) is 1. The largest absolute Gasteiger partial charge is 0.387 e. The summed E-state index contributed by atoms with van der Waals surface area (Å²) in [6, 6.07) is 11.4. The molecule has 2 N–H and O–H groups in total. The van der Waals surface area contributed by atoms with Gasteiger partial charge in [-0.15, -0.1) is 0 Å². The van der Waals surface area contributed by atoms with Gasteiger partial charge in [0.2, 0.25) is 0 Å². The van der Waals surface area contributed by atoms with Crippen molar-refractivity contribution in [1.29, 1.82) is 0 Å². The number of aliphatic hydroxyl groups excluding tert-OH is 1. The van der Waals surface area contributed by atoms with Crippen LogP contribution >= 0.6 is 23.2 Å². The number of hydrogen-bond donors (Lipinski definition) is 2. The first kappa shape index (κ1) is 18.6. The molecule has 1 fully saturated rings. The van der Waals surface area contributed by atoms with Gasteiger partial charge in [-0.05, 0) is 36.6 Å². The van der Waals surface area contributed by atoms with E-state index in [1.54, 1.807) is 36.4 Å². The number of aliphatic hydroxyl groups is 2. The van der Waals surface area contributed by atoms with Crippen LogP contribution in [0.1, 0.15) is 30.1 Å². The molecular weight excluding hydrogens is 364 g/mol. The molecule has 0 aromatic heterocycles. The van der Waals surface area contributed by atoms with E-state index in [4.69, 9.17) is 23.2 Å². The Bertz CT molecular complexity index is 748. The quantitative estimate of drug-likeness (QED) is 0.833. The lowest BCUT2D eigenvalue weighted by Crippen LogP contribution is -2.44. The van der Waals surface area contributed by atoms with Gasteiger partial charge in [0.25, 0.3) is 0 Å². The van der Waals surface area contributed by atoms with Gasteiger partial charge in [-0.25, -0.2) is 4.39 Å². The van der Waals surface area contributed by atoms with Crippen LogP contribution in [-0.2, 0) is 5.60 Å². The average Bonchev–Trinajstić information content (AvgIpc) is 2.60. The molecule has 1 atom stereocenters. The van der Waals surface area contributed by atoms with Crippen LogP contribution in [0.3, 0.4) is 0 Å². The van der Waals surface area contributed by atoms with Crippen LogP contribution in [0.25, 0.3) is 0 Å². The first-order chi connectivity index (χ1) is 11.9. The van der Waals surface area contributed by atoms with Gasteiger partial charge in [0.15, 0.2) is 0 Å². The zero-order valence-electron chi connectivity index (χ0n) is 13.6. The molecule has 1 aliphatic heterocycles. The van der Waals surface area contributed by atoms with E-state index in [2.05, 4.69) is 4.90 Å². The summed E-state index contributed by atoms with van der Waals surface area (Å²) >= 11 is 11.9. The highest BCUT2D eigenvalue weighted by molar-refractivity contribution is 6.42. The second kappa shape index (κ2) is 7.60. The maximum atomic E-state index is 14.0. The van der Waals surface area contributed by atoms with Crippen molar-refractivity contribution in [2.75, 3.05) is 19.6 Å². The van der Waals surface area contributed by atoms with Crippen LogP contribution < -0.4 is 0 Å². The van der Waals surface area contributed by atoms with E-state index in [1.807, 2.05) is 0 Å². The summed E-state index contributed by atoms with van der Waals surface area (Å²) in [6.45, 7) is 1.57. The third-order valence-corrected chi connectivity index (χ3v) is 5.56. The number of benzene rings is 2.